The van der Waals surface area contributed by atoms with Gasteiger partial charge in [-0.15, -0.1) is 0 Å². The SMILES string of the molecule is CC(C)n1c(=O)[nH]c(=O)c2c3c(cnc21)C(=O)C[C@H](/C=C/c1ccccc1)C3. The molecule has 2 heterocycles. The molecule has 3 aromatic rings. The second-order valence-electron chi connectivity index (χ2n) is 7.43. The summed E-state index contributed by atoms with van der Waals surface area (Å²) in [6, 6.07) is 9.72. The zero-order chi connectivity index (χ0) is 19.8. The molecule has 0 fully saturated rings. The average molecular weight is 375 g/mol. The van der Waals surface area contributed by atoms with E-state index in [2.05, 4.69) is 9.97 Å². The molecule has 0 saturated heterocycles. The van der Waals surface area contributed by atoms with Crippen LogP contribution in [0.4, 0.5) is 0 Å². The van der Waals surface area contributed by atoms with Crippen LogP contribution in [0.2, 0.25) is 0 Å². The van der Waals surface area contributed by atoms with Gasteiger partial charge in [0.05, 0.1) is 5.39 Å². The van der Waals surface area contributed by atoms with Crippen molar-refractivity contribution < 1.29 is 4.79 Å². The highest BCUT2D eigenvalue weighted by Gasteiger charge is 2.28. The Morgan fingerprint density at radius 1 is 1.14 bits per heavy atom. The Hall–Kier alpha value is -3.28. The number of pyridine rings is 1. The third-order valence-corrected chi connectivity index (χ3v) is 5.15. The minimum atomic E-state index is -0.485. The molecular weight excluding hydrogens is 354 g/mol. The van der Waals surface area contributed by atoms with Crippen molar-refractivity contribution in [3.05, 3.63) is 80.1 Å². The van der Waals surface area contributed by atoms with Crippen LogP contribution in [0.5, 0.6) is 0 Å². The summed E-state index contributed by atoms with van der Waals surface area (Å²) in [4.78, 5) is 44.2. The largest absolute Gasteiger partial charge is 0.330 e. The number of H-pyrrole nitrogens is 1. The van der Waals surface area contributed by atoms with Crippen molar-refractivity contribution in [2.75, 3.05) is 0 Å². The fourth-order valence-corrected chi connectivity index (χ4v) is 3.84. The van der Waals surface area contributed by atoms with E-state index >= 15 is 0 Å². The summed E-state index contributed by atoms with van der Waals surface area (Å²) in [6.45, 7) is 3.72. The lowest BCUT2D eigenvalue weighted by Crippen LogP contribution is -2.33. The van der Waals surface area contributed by atoms with Gasteiger partial charge in [0.15, 0.2) is 5.78 Å². The molecule has 1 atom stereocenters. The number of fused-ring (bicyclic) bond motifs is 3. The van der Waals surface area contributed by atoms with Crippen molar-refractivity contribution in [1.82, 2.24) is 14.5 Å². The average Bonchev–Trinajstić information content (AvgIpc) is 2.66. The second kappa shape index (κ2) is 7.03. The third kappa shape index (κ3) is 3.11. The van der Waals surface area contributed by atoms with Gasteiger partial charge in [-0.05, 0) is 37.3 Å². The summed E-state index contributed by atoms with van der Waals surface area (Å²) in [5.41, 5.74) is 1.59. The molecule has 142 valence electrons. The third-order valence-electron chi connectivity index (χ3n) is 5.15. The van der Waals surface area contributed by atoms with Gasteiger partial charge < -0.3 is 0 Å². The molecule has 1 aliphatic carbocycles. The van der Waals surface area contributed by atoms with E-state index in [0.717, 1.165) is 5.56 Å². The monoisotopic (exact) mass is 375 g/mol. The molecule has 0 spiro atoms. The van der Waals surface area contributed by atoms with Crippen LogP contribution in [0, 0.1) is 5.92 Å². The Bertz CT molecular complexity index is 1200. The lowest BCUT2D eigenvalue weighted by atomic mass is 9.82. The van der Waals surface area contributed by atoms with Crippen molar-refractivity contribution in [3.63, 3.8) is 0 Å². The molecule has 6 nitrogen and oxygen atoms in total. The molecular formula is C22H21N3O3. The first-order valence-electron chi connectivity index (χ1n) is 9.38. The number of ketones is 1. The summed E-state index contributed by atoms with van der Waals surface area (Å²) < 4.78 is 1.46. The molecule has 1 aromatic carbocycles. The number of nitrogens with zero attached hydrogens (tertiary/aromatic N) is 2. The quantitative estimate of drug-likeness (QED) is 0.762. The van der Waals surface area contributed by atoms with Crippen LogP contribution in [0.3, 0.4) is 0 Å². The highest BCUT2D eigenvalue weighted by molar-refractivity contribution is 6.02. The van der Waals surface area contributed by atoms with E-state index in [1.54, 1.807) is 0 Å². The first-order chi connectivity index (χ1) is 13.5. The fourth-order valence-electron chi connectivity index (χ4n) is 3.84. The molecule has 6 heteroatoms. The number of aromatic nitrogens is 3. The lowest BCUT2D eigenvalue weighted by molar-refractivity contribution is 0.0959. The van der Waals surface area contributed by atoms with Gasteiger partial charge in [0.25, 0.3) is 5.56 Å². The molecule has 0 bridgehead atoms. The summed E-state index contributed by atoms with van der Waals surface area (Å²) in [7, 11) is 0. The Morgan fingerprint density at radius 2 is 1.89 bits per heavy atom. The molecule has 0 saturated carbocycles. The summed E-state index contributed by atoms with van der Waals surface area (Å²) in [5.74, 6) is -0.0373. The number of Topliss-reactive ketones (excluding diaryl/α,β-unsaturated/α-hetero) is 1. The van der Waals surface area contributed by atoms with Gasteiger partial charge in [-0.25, -0.2) is 9.78 Å². The van der Waals surface area contributed by atoms with Crippen LogP contribution < -0.4 is 11.2 Å². The summed E-state index contributed by atoms with van der Waals surface area (Å²) in [6.07, 6.45) is 6.47. The predicted octanol–water partition coefficient (Wildman–Crippen LogP) is 3.12. The minimum Gasteiger partial charge on any atom is -0.294 e. The predicted molar refractivity (Wildman–Crippen MR) is 109 cm³/mol. The maximum Gasteiger partial charge on any atom is 0.330 e. The zero-order valence-electron chi connectivity index (χ0n) is 15.8. The fraction of sp³-hybridized carbons (Fsp3) is 0.273. The normalized spacial score (nSPS) is 16.8. The first kappa shape index (κ1) is 18.1. The summed E-state index contributed by atoms with van der Waals surface area (Å²) >= 11 is 0. The van der Waals surface area contributed by atoms with Gasteiger partial charge in [-0.2, -0.15) is 0 Å². The van der Waals surface area contributed by atoms with Crippen LogP contribution in [0.15, 0.2) is 52.2 Å². The molecule has 28 heavy (non-hydrogen) atoms. The van der Waals surface area contributed by atoms with Gasteiger partial charge >= 0.3 is 5.69 Å². The van der Waals surface area contributed by atoms with E-state index in [9.17, 15) is 14.4 Å². The molecule has 0 amide bonds. The van der Waals surface area contributed by atoms with Crippen LogP contribution in [0.1, 0.15) is 47.8 Å². The first-order valence-corrected chi connectivity index (χ1v) is 9.38. The van der Waals surface area contributed by atoms with Crippen LogP contribution in [-0.2, 0) is 6.42 Å². The van der Waals surface area contributed by atoms with Crippen molar-refractivity contribution in [3.8, 4) is 0 Å². The van der Waals surface area contributed by atoms with Crippen LogP contribution in [0.25, 0.3) is 17.1 Å². The maximum absolute atomic E-state index is 12.7. The van der Waals surface area contributed by atoms with Crippen molar-refractivity contribution in [2.45, 2.75) is 32.7 Å². The molecule has 0 aliphatic heterocycles. The van der Waals surface area contributed by atoms with Crippen molar-refractivity contribution >= 4 is 22.9 Å². The number of rotatable bonds is 3. The lowest BCUT2D eigenvalue weighted by Gasteiger charge is -2.23. The number of nitrogens with one attached hydrogen (secondary N) is 1. The molecule has 1 aliphatic rings. The number of hydrogen-bond acceptors (Lipinski definition) is 4. The Morgan fingerprint density at radius 3 is 2.61 bits per heavy atom. The van der Waals surface area contributed by atoms with Gasteiger partial charge in [0, 0.05) is 24.2 Å². The zero-order valence-corrected chi connectivity index (χ0v) is 15.8. The van der Waals surface area contributed by atoms with E-state index in [0.29, 0.717) is 35.0 Å². The van der Waals surface area contributed by atoms with E-state index in [4.69, 9.17) is 0 Å². The minimum absolute atomic E-state index is 0.00960. The number of allylic oxidation sites excluding steroid dienone is 1. The number of carbonyl (C=O) groups excluding carboxylic acids is 1. The van der Waals surface area contributed by atoms with Crippen LogP contribution >= 0.6 is 0 Å². The Labute approximate surface area is 161 Å². The van der Waals surface area contributed by atoms with E-state index in [-0.39, 0.29) is 17.7 Å². The molecule has 2 aromatic heterocycles. The molecule has 1 N–H and O–H groups in total. The van der Waals surface area contributed by atoms with Crippen molar-refractivity contribution in [1.29, 1.82) is 0 Å². The Kier molecular flexibility index (Phi) is 4.55. The number of benzene rings is 1. The van der Waals surface area contributed by atoms with E-state index in [1.807, 2.05) is 56.3 Å². The molecule has 0 unspecified atom stereocenters. The topological polar surface area (TPSA) is 84.8 Å². The molecule has 4 rings (SSSR count). The number of carbonyl (C=O) groups is 1. The van der Waals surface area contributed by atoms with Gasteiger partial charge in [-0.1, -0.05) is 42.5 Å². The van der Waals surface area contributed by atoms with Crippen LogP contribution in [-0.4, -0.2) is 20.3 Å². The van der Waals surface area contributed by atoms with E-state index in [1.165, 1.54) is 10.8 Å². The Balaban J connectivity index is 1.84. The molecule has 0 radical (unpaired) electrons. The number of hydrogen-bond donors (Lipinski definition) is 1. The van der Waals surface area contributed by atoms with Gasteiger partial charge in [-0.3, -0.25) is 19.1 Å². The number of aromatic amines is 1. The van der Waals surface area contributed by atoms with Crippen molar-refractivity contribution in [2.24, 2.45) is 5.92 Å². The summed E-state index contributed by atoms with van der Waals surface area (Å²) in [5, 5.41) is 0.344. The highest BCUT2D eigenvalue weighted by atomic mass is 16.2. The standard InChI is InChI=1S/C22H21N3O3/c1-13(2)25-20-19(21(27)24-22(25)28)16-10-15(11-18(26)17(16)12-23-20)9-8-14-6-4-3-5-7-14/h3-9,12-13,15H,10-11H2,1-2H3,(H,24,27,28)/b9-8+/t15-/m1/s1. The smallest absolute Gasteiger partial charge is 0.294 e. The van der Waals surface area contributed by atoms with Gasteiger partial charge in [0.1, 0.15) is 5.65 Å². The highest BCUT2D eigenvalue weighted by Crippen LogP contribution is 2.30. The second-order valence-corrected chi connectivity index (χ2v) is 7.43. The maximum atomic E-state index is 12.7. The van der Waals surface area contributed by atoms with E-state index < -0.39 is 11.2 Å². The van der Waals surface area contributed by atoms with Gasteiger partial charge in [0.2, 0.25) is 0 Å².